The Balaban J connectivity index is 3.08. The van der Waals surface area contributed by atoms with Crippen molar-refractivity contribution in [1.82, 2.24) is 0 Å². The summed E-state index contributed by atoms with van der Waals surface area (Å²) in [4.78, 5) is 33.7. The number of ether oxygens (including phenoxy) is 5. The average molecular weight is 304 g/mol. The normalized spacial score (nSPS) is 32.1. The Hall–Kier alpha value is -1.67. The topological polar surface area (TPSA) is 97.4 Å². The van der Waals surface area contributed by atoms with Crippen LogP contribution in [0.3, 0.4) is 0 Å². The van der Waals surface area contributed by atoms with Gasteiger partial charge in [-0.15, -0.1) is 0 Å². The van der Waals surface area contributed by atoms with Gasteiger partial charge in [0.25, 0.3) is 0 Å². The van der Waals surface area contributed by atoms with Gasteiger partial charge in [-0.3, -0.25) is 14.4 Å². The number of rotatable bonds is 4. The van der Waals surface area contributed by atoms with Crippen molar-refractivity contribution < 1.29 is 38.1 Å². The van der Waals surface area contributed by atoms with Gasteiger partial charge in [0.05, 0.1) is 6.10 Å². The molecule has 0 aliphatic carbocycles. The minimum Gasteiger partial charge on any atom is -0.456 e. The molecule has 21 heavy (non-hydrogen) atoms. The molecule has 0 N–H and O–H groups in total. The van der Waals surface area contributed by atoms with Crippen molar-refractivity contribution in [3.8, 4) is 0 Å². The van der Waals surface area contributed by atoms with Crippen molar-refractivity contribution in [2.75, 3.05) is 7.11 Å². The molecule has 0 radical (unpaired) electrons. The second-order valence-corrected chi connectivity index (χ2v) is 4.67. The molecule has 120 valence electrons. The fourth-order valence-electron chi connectivity index (χ4n) is 2.16. The van der Waals surface area contributed by atoms with Crippen LogP contribution in [0.4, 0.5) is 0 Å². The number of carbonyl (C=O) groups is 3. The van der Waals surface area contributed by atoms with Crippen LogP contribution >= 0.6 is 0 Å². The van der Waals surface area contributed by atoms with Crippen LogP contribution < -0.4 is 0 Å². The number of carbonyl (C=O) groups excluding carboxylic acids is 3. The standard InChI is InChI=1S/C13H20O8/c1-6-10(19-7(2)14)11(20-8(3)15)12(21-9(4)16)13(17-5)18-6/h6,10-13H,1-5H3/t6-,10+,11+,12-,13?/m0/s1. The Morgan fingerprint density at radius 1 is 0.810 bits per heavy atom. The summed E-state index contributed by atoms with van der Waals surface area (Å²) >= 11 is 0. The molecule has 1 aliphatic rings. The van der Waals surface area contributed by atoms with E-state index in [0.29, 0.717) is 0 Å². The van der Waals surface area contributed by atoms with E-state index < -0.39 is 48.6 Å². The minimum absolute atomic E-state index is 0.565. The highest BCUT2D eigenvalue weighted by molar-refractivity contribution is 5.68. The molecule has 0 aromatic carbocycles. The molecule has 0 aromatic heterocycles. The van der Waals surface area contributed by atoms with Crippen LogP contribution in [0.1, 0.15) is 27.7 Å². The van der Waals surface area contributed by atoms with Crippen LogP contribution in [0.15, 0.2) is 0 Å². The maximum absolute atomic E-state index is 11.3. The highest BCUT2D eigenvalue weighted by Gasteiger charge is 2.50. The summed E-state index contributed by atoms with van der Waals surface area (Å²) in [5.41, 5.74) is 0. The van der Waals surface area contributed by atoms with Gasteiger partial charge in [0.15, 0.2) is 24.6 Å². The van der Waals surface area contributed by atoms with Crippen LogP contribution in [0.25, 0.3) is 0 Å². The Kier molecular flexibility index (Phi) is 6.10. The van der Waals surface area contributed by atoms with Crippen molar-refractivity contribution in [3.63, 3.8) is 0 Å². The van der Waals surface area contributed by atoms with E-state index in [2.05, 4.69) is 0 Å². The van der Waals surface area contributed by atoms with Crippen LogP contribution in [-0.4, -0.2) is 55.7 Å². The van der Waals surface area contributed by atoms with E-state index in [9.17, 15) is 14.4 Å². The van der Waals surface area contributed by atoms with Crippen LogP contribution in [-0.2, 0) is 38.1 Å². The molecule has 1 saturated heterocycles. The van der Waals surface area contributed by atoms with E-state index >= 15 is 0 Å². The fourth-order valence-corrected chi connectivity index (χ4v) is 2.16. The lowest BCUT2D eigenvalue weighted by atomic mass is 9.99. The molecule has 1 unspecified atom stereocenters. The van der Waals surface area contributed by atoms with E-state index in [-0.39, 0.29) is 0 Å². The van der Waals surface area contributed by atoms with Crippen molar-refractivity contribution in [2.45, 2.75) is 58.4 Å². The zero-order valence-corrected chi connectivity index (χ0v) is 12.7. The van der Waals surface area contributed by atoms with Gasteiger partial charge in [0.2, 0.25) is 0 Å². The lowest BCUT2D eigenvalue weighted by Gasteiger charge is -2.42. The highest BCUT2D eigenvalue weighted by atomic mass is 16.7. The summed E-state index contributed by atoms with van der Waals surface area (Å²) in [5.74, 6) is -1.76. The molecule has 8 nitrogen and oxygen atoms in total. The third-order valence-electron chi connectivity index (χ3n) is 2.87. The van der Waals surface area contributed by atoms with Gasteiger partial charge in [-0.2, -0.15) is 0 Å². The maximum atomic E-state index is 11.3. The smallest absolute Gasteiger partial charge is 0.303 e. The van der Waals surface area contributed by atoms with Crippen LogP contribution in [0.5, 0.6) is 0 Å². The minimum atomic E-state index is -1.03. The lowest BCUT2D eigenvalue weighted by Crippen LogP contribution is -2.60. The van der Waals surface area contributed by atoms with Crippen LogP contribution in [0.2, 0.25) is 0 Å². The first kappa shape index (κ1) is 17.4. The van der Waals surface area contributed by atoms with E-state index in [1.807, 2.05) is 0 Å². The number of hydrogen-bond acceptors (Lipinski definition) is 8. The number of esters is 3. The van der Waals surface area contributed by atoms with E-state index in [1.165, 1.54) is 27.9 Å². The zero-order valence-electron chi connectivity index (χ0n) is 12.7. The molecule has 0 saturated carbocycles. The Morgan fingerprint density at radius 3 is 1.67 bits per heavy atom. The van der Waals surface area contributed by atoms with E-state index in [0.717, 1.165) is 0 Å². The van der Waals surface area contributed by atoms with Gasteiger partial charge >= 0.3 is 17.9 Å². The highest BCUT2D eigenvalue weighted by Crippen LogP contribution is 2.28. The third kappa shape index (κ3) is 4.68. The second-order valence-electron chi connectivity index (χ2n) is 4.67. The summed E-state index contributed by atoms with van der Waals surface area (Å²) in [7, 11) is 1.37. The summed E-state index contributed by atoms with van der Waals surface area (Å²) in [5, 5.41) is 0. The molecule has 0 amide bonds. The summed E-state index contributed by atoms with van der Waals surface area (Å²) in [6.45, 7) is 5.27. The molecule has 1 heterocycles. The van der Waals surface area contributed by atoms with E-state index in [1.54, 1.807) is 6.92 Å². The Bertz CT molecular complexity index is 407. The van der Waals surface area contributed by atoms with Gasteiger partial charge in [0.1, 0.15) is 0 Å². The zero-order chi connectivity index (χ0) is 16.2. The predicted octanol–water partition coefficient (Wildman–Crippen LogP) is 0.173. The molecule has 8 heteroatoms. The van der Waals surface area contributed by atoms with Crippen molar-refractivity contribution in [3.05, 3.63) is 0 Å². The second kappa shape index (κ2) is 7.37. The molecule has 0 bridgehead atoms. The molecule has 1 rings (SSSR count). The van der Waals surface area contributed by atoms with Crippen molar-refractivity contribution >= 4 is 17.9 Å². The first-order chi connectivity index (χ1) is 9.76. The Labute approximate surface area is 122 Å². The quantitative estimate of drug-likeness (QED) is 0.535. The third-order valence-corrected chi connectivity index (χ3v) is 2.87. The SMILES string of the molecule is COC1O[C@@H](C)[C@@H](OC(C)=O)[C@@H](OC(C)=O)[C@@H]1OC(C)=O. The first-order valence-corrected chi connectivity index (χ1v) is 6.46. The Morgan fingerprint density at radius 2 is 1.24 bits per heavy atom. The molecule has 1 aliphatic heterocycles. The molecule has 5 atom stereocenters. The first-order valence-electron chi connectivity index (χ1n) is 6.46. The van der Waals surface area contributed by atoms with Gasteiger partial charge < -0.3 is 23.7 Å². The summed E-state index contributed by atoms with van der Waals surface area (Å²) < 4.78 is 26.0. The summed E-state index contributed by atoms with van der Waals surface area (Å²) in [6.07, 6.45) is -4.47. The van der Waals surface area contributed by atoms with Gasteiger partial charge in [-0.05, 0) is 6.92 Å². The molecular weight excluding hydrogens is 284 g/mol. The van der Waals surface area contributed by atoms with Crippen molar-refractivity contribution in [2.24, 2.45) is 0 Å². The molecule has 1 fully saturated rings. The molecule has 0 aromatic rings. The predicted molar refractivity (Wildman–Crippen MR) is 68.0 cm³/mol. The van der Waals surface area contributed by atoms with E-state index in [4.69, 9.17) is 23.7 Å². The number of methoxy groups -OCH3 is 1. The fraction of sp³-hybridized carbons (Fsp3) is 0.769. The average Bonchev–Trinajstić information content (AvgIpc) is 2.35. The van der Waals surface area contributed by atoms with Crippen LogP contribution in [0, 0.1) is 0 Å². The summed E-state index contributed by atoms with van der Waals surface area (Å²) in [6, 6.07) is 0. The molecule has 0 spiro atoms. The monoisotopic (exact) mass is 304 g/mol. The maximum Gasteiger partial charge on any atom is 0.303 e. The van der Waals surface area contributed by atoms with Gasteiger partial charge in [0, 0.05) is 27.9 Å². The van der Waals surface area contributed by atoms with Gasteiger partial charge in [-0.1, -0.05) is 0 Å². The van der Waals surface area contributed by atoms with Gasteiger partial charge in [-0.25, -0.2) is 0 Å². The molecular formula is C13H20O8. The lowest BCUT2D eigenvalue weighted by molar-refractivity contribution is -0.294. The largest absolute Gasteiger partial charge is 0.456 e. The number of hydrogen-bond donors (Lipinski definition) is 0. The van der Waals surface area contributed by atoms with Crippen molar-refractivity contribution in [1.29, 1.82) is 0 Å².